The van der Waals surface area contributed by atoms with Crippen LogP contribution in [0.15, 0.2) is 36.7 Å². The van der Waals surface area contributed by atoms with Crippen molar-refractivity contribution in [2.24, 2.45) is 0 Å². The quantitative estimate of drug-likeness (QED) is 0.779. The summed E-state index contributed by atoms with van der Waals surface area (Å²) in [5.41, 5.74) is 0.656. The van der Waals surface area contributed by atoms with Crippen molar-refractivity contribution in [1.29, 1.82) is 0 Å². The summed E-state index contributed by atoms with van der Waals surface area (Å²) in [6.07, 6.45) is -1.31. The first kappa shape index (κ1) is 16.9. The van der Waals surface area contributed by atoms with E-state index in [1.165, 1.54) is 18.3 Å². The monoisotopic (exact) mass is 349 g/mol. The molecule has 0 aliphatic carbocycles. The number of aliphatic carboxylic acids is 1. The van der Waals surface area contributed by atoms with Crippen molar-refractivity contribution in [3.05, 3.63) is 53.6 Å². The molecule has 0 fully saturated rings. The number of rotatable bonds is 4. The van der Waals surface area contributed by atoms with Gasteiger partial charge in [0.1, 0.15) is 5.65 Å². The summed E-state index contributed by atoms with van der Waals surface area (Å²) in [6.45, 7) is 1.62. The Hall–Kier alpha value is -2.90. The van der Waals surface area contributed by atoms with Crippen LogP contribution in [-0.4, -0.2) is 25.4 Å². The lowest BCUT2D eigenvalue weighted by molar-refractivity contribution is -0.138. The second-order valence-electron chi connectivity index (χ2n) is 5.60. The molecule has 8 heteroatoms. The van der Waals surface area contributed by atoms with E-state index in [0.29, 0.717) is 17.0 Å². The number of carboxylic acids is 1. The van der Waals surface area contributed by atoms with Crippen LogP contribution in [0.5, 0.6) is 0 Å². The lowest BCUT2D eigenvalue weighted by Crippen LogP contribution is -2.10. The minimum atomic E-state index is -4.54. The van der Waals surface area contributed by atoms with Crippen LogP contribution in [0.25, 0.3) is 16.9 Å². The minimum Gasteiger partial charge on any atom is -0.481 e. The Kier molecular flexibility index (Phi) is 4.20. The van der Waals surface area contributed by atoms with E-state index in [2.05, 4.69) is 9.97 Å². The Labute approximate surface area is 140 Å². The van der Waals surface area contributed by atoms with Crippen LogP contribution in [0, 0.1) is 6.92 Å². The van der Waals surface area contributed by atoms with Gasteiger partial charge in [-0.2, -0.15) is 13.2 Å². The average Bonchev–Trinajstić information content (AvgIpc) is 3.00. The van der Waals surface area contributed by atoms with E-state index in [-0.39, 0.29) is 24.1 Å². The van der Waals surface area contributed by atoms with Crippen molar-refractivity contribution < 1.29 is 23.1 Å². The number of imidazole rings is 1. The van der Waals surface area contributed by atoms with E-state index in [0.717, 1.165) is 6.07 Å². The molecule has 0 saturated carbocycles. The zero-order valence-corrected chi connectivity index (χ0v) is 13.2. The molecule has 3 aromatic heterocycles. The van der Waals surface area contributed by atoms with E-state index in [1.54, 1.807) is 23.6 Å². The maximum absolute atomic E-state index is 13.3. The number of hydrogen-bond acceptors (Lipinski definition) is 3. The molecular formula is C17H14F3N3O2. The molecular weight excluding hydrogens is 335 g/mol. The number of hydrogen-bond donors (Lipinski definition) is 1. The summed E-state index contributed by atoms with van der Waals surface area (Å²) in [4.78, 5) is 19.0. The fourth-order valence-corrected chi connectivity index (χ4v) is 2.68. The fraction of sp³-hybridized carbons (Fsp3) is 0.235. The third-order valence-corrected chi connectivity index (χ3v) is 3.82. The highest BCUT2D eigenvalue weighted by atomic mass is 19.4. The fourth-order valence-electron chi connectivity index (χ4n) is 2.68. The summed E-state index contributed by atoms with van der Waals surface area (Å²) in [5.74, 6) is -0.947. The van der Waals surface area contributed by atoms with Gasteiger partial charge in [0, 0.05) is 29.3 Å². The molecule has 0 bridgehead atoms. The molecule has 3 aromatic rings. The molecule has 3 rings (SSSR count). The largest absolute Gasteiger partial charge is 0.481 e. The van der Waals surface area contributed by atoms with E-state index in [9.17, 15) is 18.0 Å². The van der Waals surface area contributed by atoms with Crippen LogP contribution in [0.3, 0.4) is 0 Å². The number of fused-ring (bicyclic) bond motifs is 1. The highest BCUT2D eigenvalue weighted by Crippen LogP contribution is 2.37. The summed E-state index contributed by atoms with van der Waals surface area (Å²) in [7, 11) is 0. The molecule has 0 unspecified atom stereocenters. The molecule has 1 N–H and O–H groups in total. The normalized spacial score (nSPS) is 11.8. The van der Waals surface area contributed by atoms with E-state index in [4.69, 9.17) is 5.11 Å². The molecule has 0 saturated heterocycles. The number of nitrogens with zero attached hydrogens (tertiary/aromatic N) is 3. The van der Waals surface area contributed by atoms with Crippen molar-refractivity contribution in [3.8, 4) is 11.3 Å². The van der Waals surface area contributed by atoms with Gasteiger partial charge in [-0.3, -0.25) is 9.78 Å². The van der Waals surface area contributed by atoms with Gasteiger partial charge in [-0.05, 0) is 37.6 Å². The molecule has 0 radical (unpaired) electrons. The molecule has 0 spiro atoms. The van der Waals surface area contributed by atoms with E-state index >= 15 is 0 Å². The van der Waals surface area contributed by atoms with Crippen molar-refractivity contribution >= 4 is 11.6 Å². The molecule has 25 heavy (non-hydrogen) atoms. The van der Waals surface area contributed by atoms with Gasteiger partial charge < -0.3 is 9.51 Å². The lowest BCUT2D eigenvalue weighted by Gasteiger charge is -2.14. The van der Waals surface area contributed by atoms with Crippen molar-refractivity contribution in [2.45, 2.75) is 25.9 Å². The Morgan fingerprint density at radius 1 is 1.24 bits per heavy atom. The summed E-state index contributed by atoms with van der Waals surface area (Å²) in [5, 5.41) is 8.83. The van der Waals surface area contributed by atoms with Crippen LogP contribution in [0.2, 0.25) is 0 Å². The SMILES string of the molecule is Cc1ccc(C(F)(F)F)c(-c2ccc(CCC(=O)O)n3ccnc23)n1. The van der Waals surface area contributed by atoms with E-state index < -0.39 is 17.7 Å². The number of carboxylic acid groups (broad SMARTS) is 1. The van der Waals surface area contributed by atoms with Crippen LogP contribution in [0.4, 0.5) is 13.2 Å². The van der Waals surface area contributed by atoms with Crippen LogP contribution in [-0.2, 0) is 17.4 Å². The molecule has 5 nitrogen and oxygen atoms in total. The Bertz CT molecular complexity index is 948. The molecule has 0 atom stereocenters. The van der Waals surface area contributed by atoms with Gasteiger partial charge in [0.25, 0.3) is 0 Å². The summed E-state index contributed by atoms with van der Waals surface area (Å²) >= 11 is 0. The number of alkyl halides is 3. The molecule has 0 amide bonds. The van der Waals surface area contributed by atoms with Crippen LogP contribution in [0.1, 0.15) is 23.4 Å². The van der Waals surface area contributed by atoms with Gasteiger partial charge in [-0.25, -0.2) is 4.98 Å². The van der Waals surface area contributed by atoms with Crippen molar-refractivity contribution in [1.82, 2.24) is 14.4 Å². The second-order valence-corrected chi connectivity index (χ2v) is 5.60. The molecule has 0 aromatic carbocycles. The Morgan fingerprint density at radius 3 is 2.68 bits per heavy atom. The topological polar surface area (TPSA) is 67.5 Å². The first-order valence-corrected chi connectivity index (χ1v) is 7.49. The predicted octanol–water partition coefficient (Wildman–Crippen LogP) is 3.74. The van der Waals surface area contributed by atoms with E-state index in [1.807, 2.05) is 0 Å². The Morgan fingerprint density at radius 2 is 2.00 bits per heavy atom. The van der Waals surface area contributed by atoms with Crippen LogP contribution >= 0.6 is 0 Å². The number of carbonyl (C=O) groups is 1. The second kappa shape index (κ2) is 6.19. The number of pyridine rings is 2. The smallest absolute Gasteiger partial charge is 0.418 e. The molecule has 130 valence electrons. The van der Waals surface area contributed by atoms with Gasteiger partial charge in [-0.1, -0.05) is 0 Å². The van der Waals surface area contributed by atoms with Gasteiger partial charge in [0.15, 0.2) is 0 Å². The first-order chi connectivity index (χ1) is 11.8. The number of aromatic nitrogens is 3. The third kappa shape index (κ3) is 3.33. The summed E-state index contributed by atoms with van der Waals surface area (Å²) in [6, 6.07) is 5.44. The standard InChI is InChI=1S/C17H14F3N3O2/c1-10-2-6-13(17(18,19)20)15(22-10)12-5-3-11(4-7-14(24)25)23-9-8-21-16(12)23/h2-3,5-6,8-9H,4,7H2,1H3,(H,24,25). The highest BCUT2D eigenvalue weighted by molar-refractivity contribution is 5.78. The molecule has 0 aliphatic rings. The third-order valence-electron chi connectivity index (χ3n) is 3.82. The first-order valence-electron chi connectivity index (χ1n) is 7.49. The Balaban J connectivity index is 2.18. The van der Waals surface area contributed by atoms with Gasteiger partial charge in [-0.15, -0.1) is 0 Å². The zero-order chi connectivity index (χ0) is 18.2. The van der Waals surface area contributed by atoms with Crippen LogP contribution < -0.4 is 0 Å². The predicted molar refractivity (Wildman–Crippen MR) is 84.1 cm³/mol. The van der Waals surface area contributed by atoms with Crippen molar-refractivity contribution in [2.75, 3.05) is 0 Å². The van der Waals surface area contributed by atoms with Gasteiger partial charge >= 0.3 is 12.1 Å². The molecule has 0 aliphatic heterocycles. The zero-order valence-electron chi connectivity index (χ0n) is 13.2. The number of halogens is 3. The maximum atomic E-state index is 13.3. The highest BCUT2D eigenvalue weighted by Gasteiger charge is 2.35. The van der Waals surface area contributed by atoms with Gasteiger partial charge in [0.05, 0.1) is 17.7 Å². The van der Waals surface area contributed by atoms with Gasteiger partial charge in [0.2, 0.25) is 0 Å². The summed E-state index contributed by atoms with van der Waals surface area (Å²) < 4.78 is 41.6. The minimum absolute atomic E-state index is 0.0802. The lowest BCUT2D eigenvalue weighted by atomic mass is 10.0. The van der Waals surface area contributed by atoms with Crippen molar-refractivity contribution in [3.63, 3.8) is 0 Å². The maximum Gasteiger partial charge on any atom is 0.418 e. The average molecular weight is 349 g/mol. The number of aryl methyl sites for hydroxylation is 2. The molecule has 3 heterocycles.